The zero-order valence-corrected chi connectivity index (χ0v) is 38.8. The van der Waals surface area contributed by atoms with Crippen LogP contribution in [0, 0.1) is 90.6 Å². The summed E-state index contributed by atoms with van der Waals surface area (Å²) in [5, 5.41) is 79.8. The fourth-order valence-corrected chi connectivity index (χ4v) is 9.46. The number of benzene rings is 9. The summed E-state index contributed by atoms with van der Waals surface area (Å²) in [6, 6.07) is 63.9. The van der Waals surface area contributed by atoms with E-state index in [0.717, 1.165) is 6.07 Å². The lowest BCUT2D eigenvalue weighted by Crippen LogP contribution is -2.10. The van der Waals surface area contributed by atoms with Crippen molar-refractivity contribution in [3.05, 3.63) is 220 Å². The van der Waals surface area contributed by atoms with Crippen LogP contribution in [-0.4, -0.2) is 4.57 Å². The van der Waals surface area contributed by atoms with E-state index in [1.165, 1.54) is 12.1 Å². The van der Waals surface area contributed by atoms with Gasteiger partial charge in [-0.1, -0.05) is 48.5 Å². The summed E-state index contributed by atoms with van der Waals surface area (Å²) in [5.41, 5.74) is 9.19. The van der Waals surface area contributed by atoms with Crippen LogP contribution in [-0.2, 0) is 6.18 Å². The first-order chi connectivity index (χ1) is 36.4. The van der Waals surface area contributed by atoms with E-state index in [1.807, 2.05) is 84.9 Å². The molecule has 9 aromatic carbocycles. The Labute approximate surface area is 427 Å². The number of rotatable bonds is 7. The first-order valence-electron chi connectivity index (χ1n) is 22.7. The number of alkyl halides is 3. The smallest absolute Gasteiger partial charge is 0.309 e. The standard InChI is InChI=1S/C63H28F3N9/c64-63(65,66)59-3-1-2-4-62(59)75-60-15-13-41(51-23-47(37-5-9-43(29-67)53(17-37)33-71)21-48(24-51)38-6-10-44(30-68)54(18-38)34-72)27-57(60)58-28-42(14-16-61(58)75)52-25-49(39-7-11-45(31-69)55(19-39)35-73)22-50(26-52)40-8-12-46(32-70)56(20-40)36-74/h1-28H. The Kier molecular flexibility index (Phi) is 12.0. The minimum atomic E-state index is -4.71. The van der Waals surface area contributed by atoms with Crippen LogP contribution in [0.5, 0.6) is 0 Å². The maximum atomic E-state index is 14.9. The Morgan fingerprint density at radius 3 is 0.827 bits per heavy atom. The summed E-state index contributed by atoms with van der Waals surface area (Å²) >= 11 is 0. The van der Waals surface area contributed by atoms with E-state index < -0.39 is 11.7 Å². The molecule has 0 aliphatic carbocycles. The van der Waals surface area contributed by atoms with Crippen LogP contribution in [0.2, 0.25) is 0 Å². The average Bonchev–Trinajstić information content (AvgIpc) is 3.80. The number of hydrogen-bond acceptors (Lipinski definition) is 8. The van der Waals surface area contributed by atoms with Crippen molar-refractivity contribution < 1.29 is 13.2 Å². The number of nitriles is 8. The van der Waals surface area contributed by atoms with Gasteiger partial charge in [-0.2, -0.15) is 55.3 Å². The van der Waals surface area contributed by atoms with Gasteiger partial charge >= 0.3 is 6.18 Å². The average molecular weight is 968 g/mol. The Morgan fingerprint density at radius 1 is 0.280 bits per heavy atom. The van der Waals surface area contributed by atoms with Gasteiger partial charge in [-0.3, -0.25) is 0 Å². The maximum absolute atomic E-state index is 14.9. The molecule has 0 N–H and O–H groups in total. The van der Waals surface area contributed by atoms with Crippen LogP contribution in [0.4, 0.5) is 13.2 Å². The van der Waals surface area contributed by atoms with Gasteiger partial charge in [0.05, 0.1) is 66.8 Å². The number of nitrogens with zero attached hydrogens (tertiary/aromatic N) is 9. The quantitative estimate of drug-likeness (QED) is 0.150. The first-order valence-corrected chi connectivity index (χ1v) is 22.7. The summed E-state index contributed by atoms with van der Waals surface area (Å²) < 4.78 is 46.4. The van der Waals surface area contributed by atoms with E-state index in [0.29, 0.717) is 88.6 Å². The Balaban J connectivity index is 1.24. The third-order valence-electron chi connectivity index (χ3n) is 13.1. The largest absolute Gasteiger partial charge is 0.418 e. The molecule has 0 saturated carbocycles. The van der Waals surface area contributed by atoms with Gasteiger partial charge in [0.1, 0.15) is 48.6 Å². The van der Waals surface area contributed by atoms with Crippen LogP contribution in [0.3, 0.4) is 0 Å². The second-order valence-electron chi connectivity index (χ2n) is 17.3. The predicted molar refractivity (Wildman–Crippen MR) is 276 cm³/mol. The SMILES string of the molecule is N#Cc1ccc(-c2cc(-c3ccc(C#N)c(C#N)c3)cc(-c3ccc4c(c3)c3cc(-c5cc(-c6ccc(C#N)c(C#N)c6)cc(-c6ccc(C#N)c(C#N)c6)c5)ccc3n4-c3ccccc3C(F)(F)F)c2)cc1C#N. The zero-order valence-electron chi connectivity index (χ0n) is 38.8. The summed E-state index contributed by atoms with van der Waals surface area (Å²) in [6.07, 6.45) is -4.71. The van der Waals surface area contributed by atoms with Gasteiger partial charge in [0.15, 0.2) is 0 Å². The summed E-state index contributed by atoms with van der Waals surface area (Å²) in [5.74, 6) is 0. The number of aromatic nitrogens is 1. The van der Waals surface area contributed by atoms with E-state index in [9.17, 15) is 55.3 Å². The molecule has 0 amide bonds. The second-order valence-corrected chi connectivity index (χ2v) is 17.3. The molecule has 0 atom stereocenters. The third-order valence-corrected chi connectivity index (χ3v) is 13.1. The van der Waals surface area contributed by atoms with Gasteiger partial charge in [-0.05, 0) is 188 Å². The molecule has 346 valence electrons. The van der Waals surface area contributed by atoms with Crippen molar-refractivity contribution in [2.45, 2.75) is 6.18 Å². The van der Waals surface area contributed by atoms with Gasteiger partial charge < -0.3 is 4.57 Å². The minimum absolute atomic E-state index is 0.0921. The molecule has 10 rings (SSSR count). The Bertz CT molecular complexity index is 4020. The van der Waals surface area contributed by atoms with Gasteiger partial charge in [0, 0.05) is 10.8 Å². The molecule has 9 nitrogen and oxygen atoms in total. The molecular weight excluding hydrogens is 940 g/mol. The molecule has 0 fully saturated rings. The van der Waals surface area contributed by atoms with Crippen molar-refractivity contribution in [3.8, 4) is 121 Å². The molecule has 0 radical (unpaired) electrons. The molecule has 1 aromatic heterocycles. The molecule has 12 heteroatoms. The monoisotopic (exact) mass is 967 g/mol. The summed E-state index contributed by atoms with van der Waals surface area (Å²) in [6.45, 7) is 0. The Hall–Kier alpha value is -11.5. The van der Waals surface area contributed by atoms with Crippen LogP contribution in [0.1, 0.15) is 50.1 Å². The second kappa shape index (κ2) is 19.0. The van der Waals surface area contributed by atoms with Crippen molar-refractivity contribution in [1.29, 1.82) is 42.1 Å². The summed E-state index contributed by atoms with van der Waals surface area (Å²) in [7, 11) is 0. The molecular formula is C63H28F3N9. The van der Waals surface area contributed by atoms with Gasteiger partial charge in [0.2, 0.25) is 0 Å². The highest BCUT2D eigenvalue weighted by molar-refractivity contribution is 6.12. The first kappa shape index (κ1) is 47.2. The molecule has 0 unspecified atom stereocenters. The number of halogens is 3. The molecule has 1 heterocycles. The van der Waals surface area contributed by atoms with E-state index in [-0.39, 0.29) is 50.2 Å². The van der Waals surface area contributed by atoms with Crippen molar-refractivity contribution >= 4 is 21.8 Å². The molecule has 10 aromatic rings. The number of hydrogen-bond donors (Lipinski definition) is 0. The van der Waals surface area contributed by atoms with Crippen molar-refractivity contribution in [2.24, 2.45) is 0 Å². The molecule has 0 saturated heterocycles. The zero-order chi connectivity index (χ0) is 52.5. The lowest BCUT2D eigenvalue weighted by Gasteiger charge is -2.16. The third kappa shape index (κ3) is 8.55. The molecule has 0 spiro atoms. The normalized spacial score (nSPS) is 10.8. The highest BCUT2D eigenvalue weighted by Gasteiger charge is 2.34. The molecule has 75 heavy (non-hydrogen) atoms. The van der Waals surface area contributed by atoms with Gasteiger partial charge in [0.25, 0.3) is 0 Å². The number of para-hydroxylation sites is 1. The van der Waals surface area contributed by atoms with Crippen molar-refractivity contribution in [1.82, 2.24) is 4.57 Å². The lowest BCUT2D eigenvalue weighted by atomic mass is 9.90. The molecule has 0 bridgehead atoms. The van der Waals surface area contributed by atoms with E-state index in [1.54, 1.807) is 95.6 Å². The van der Waals surface area contributed by atoms with E-state index in [2.05, 4.69) is 24.3 Å². The fraction of sp³-hybridized carbons (Fsp3) is 0.0159. The lowest BCUT2D eigenvalue weighted by molar-refractivity contribution is -0.137. The fourth-order valence-electron chi connectivity index (χ4n) is 9.46. The Morgan fingerprint density at radius 2 is 0.547 bits per heavy atom. The molecule has 0 aliphatic heterocycles. The van der Waals surface area contributed by atoms with Gasteiger partial charge in [-0.15, -0.1) is 0 Å². The topological polar surface area (TPSA) is 195 Å². The summed E-state index contributed by atoms with van der Waals surface area (Å²) in [4.78, 5) is 0. The molecule has 0 aliphatic rings. The van der Waals surface area contributed by atoms with Crippen LogP contribution in [0.25, 0.3) is 94.3 Å². The predicted octanol–water partition coefficient (Wildman–Crippen LogP) is 14.8. The van der Waals surface area contributed by atoms with E-state index >= 15 is 0 Å². The highest BCUT2D eigenvalue weighted by Crippen LogP contribution is 2.43. The van der Waals surface area contributed by atoms with Crippen LogP contribution >= 0.6 is 0 Å². The highest BCUT2D eigenvalue weighted by atomic mass is 19.4. The van der Waals surface area contributed by atoms with Gasteiger partial charge in [-0.25, -0.2) is 0 Å². The van der Waals surface area contributed by atoms with E-state index in [4.69, 9.17) is 0 Å². The number of fused-ring (bicyclic) bond motifs is 3. The van der Waals surface area contributed by atoms with Crippen LogP contribution in [0.15, 0.2) is 170 Å². The van der Waals surface area contributed by atoms with Crippen molar-refractivity contribution in [3.63, 3.8) is 0 Å². The van der Waals surface area contributed by atoms with Crippen LogP contribution < -0.4 is 0 Å². The maximum Gasteiger partial charge on any atom is 0.418 e. The van der Waals surface area contributed by atoms with Crippen molar-refractivity contribution in [2.75, 3.05) is 0 Å². The minimum Gasteiger partial charge on any atom is -0.309 e.